The van der Waals surface area contributed by atoms with Crippen LogP contribution in [0.3, 0.4) is 0 Å². The Labute approximate surface area is 169 Å². The molecule has 0 radical (unpaired) electrons. The molecule has 2 aliphatic rings. The van der Waals surface area contributed by atoms with Gasteiger partial charge in [-0.1, -0.05) is 5.21 Å². The van der Waals surface area contributed by atoms with Gasteiger partial charge in [-0.25, -0.2) is 9.67 Å². The van der Waals surface area contributed by atoms with Crippen LogP contribution in [-0.4, -0.2) is 74.9 Å². The average Bonchev–Trinajstić information content (AvgIpc) is 3.46. The summed E-state index contributed by atoms with van der Waals surface area (Å²) in [5.41, 5.74) is 1.47. The Morgan fingerprint density at radius 1 is 1.10 bits per heavy atom. The van der Waals surface area contributed by atoms with Crippen molar-refractivity contribution in [2.24, 2.45) is 5.92 Å². The zero-order valence-electron chi connectivity index (χ0n) is 16.7. The summed E-state index contributed by atoms with van der Waals surface area (Å²) in [6.07, 6.45) is 7.09. The van der Waals surface area contributed by atoms with E-state index < -0.39 is 0 Å². The molecule has 2 saturated heterocycles. The van der Waals surface area contributed by atoms with Gasteiger partial charge in [0.1, 0.15) is 12.2 Å². The molecule has 154 valence electrons. The van der Waals surface area contributed by atoms with E-state index in [-0.39, 0.29) is 24.3 Å². The van der Waals surface area contributed by atoms with Crippen LogP contribution >= 0.6 is 0 Å². The number of carbonyl (C=O) groups excluding carboxylic acids is 2. The number of aromatic nitrogens is 4. The number of nitrogens with zero attached hydrogens (tertiary/aromatic N) is 6. The molecule has 0 unspecified atom stereocenters. The van der Waals surface area contributed by atoms with Gasteiger partial charge in [-0.15, -0.1) is 5.10 Å². The van der Waals surface area contributed by atoms with E-state index in [2.05, 4.69) is 15.3 Å². The zero-order valence-corrected chi connectivity index (χ0v) is 16.7. The SMILES string of the molecule is COc1ccc(-c2cn(CC(=O)N3CCC(C(=O)N4CCCC4)CC3)nn2)cn1. The predicted molar refractivity (Wildman–Crippen MR) is 105 cm³/mol. The molecule has 2 aromatic rings. The van der Waals surface area contributed by atoms with Gasteiger partial charge in [0, 0.05) is 49.9 Å². The molecule has 9 nitrogen and oxygen atoms in total. The third-order valence-corrected chi connectivity index (χ3v) is 5.69. The van der Waals surface area contributed by atoms with Gasteiger partial charge in [0.2, 0.25) is 17.7 Å². The lowest BCUT2D eigenvalue weighted by atomic mass is 9.95. The summed E-state index contributed by atoms with van der Waals surface area (Å²) in [5, 5.41) is 8.20. The Morgan fingerprint density at radius 3 is 2.52 bits per heavy atom. The number of hydrogen-bond donors (Lipinski definition) is 0. The van der Waals surface area contributed by atoms with E-state index in [4.69, 9.17) is 4.74 Å². The highest BCUT2D eigenvalue weighted by Gasteiger charge is 2.31. The molecular weight excluding hydrogens is 372 g/mol. The lowest BCUT2D eigenvalue weighted by Crippen LogP contribution is -2.44. The molecule has 0 spiro atoms. The summed E-state index contributed by atoms with van der Waals surface area (Å²) >= 11 is 0. The average molecular weight is 398 g/mol. The third-order valence-electron chi connectivity index (χ3n) is 5.69. The van der Waals surface area contributed by atoms with E-state index in [0.717, 1.165) is 44.3 Å². The number of ether oxygens (including phenoxy) is 1. The van der Waals surface area contributed by atoms with Crippen molar-refractivity contribution in [3.8, 4) is 17.1 Å². The molecule has 0 aliphatic carbocycles. The largest absolute Gasteiger partial charge is 0.481 e. The molecule has 9 heteroatoms. The smallest absolute Gasteiger partial charge is 0.244 e. The molecule has 2 amide bonds. The molecule has 29 heavy (non-hydrogen) atoms. The maximum Gasteiger partial charge on any atom is 0.244 e. The summed E-state index contributed by atoms with van der Waals surface area (Å²) in [6.45, 7) is 3.15. The Kier molecular flexibility index (Phi) is 5.73. The number of likely N-dealkylation sites (tertiary alicyclic amines) is 2. The molecule has 2 fully saturated rings. The number of piperidine rings is 1. The molecule has 0 aromatic carbocycles. The molecule has 0 N–H and O–H groups in total. The van der Waals surface area contributed by atoms with Crippen LogP contribution in [0, 0.1) is 5.92 Å². The van der Waals surface area contributed by atoms with Crippen LogP contribution in [0.2, 0.25) is 0 Å². The molecule has 0 atom stereocenters. The quantitative estimate of drug-likeness (QED) is 0.752. The monoisotopic (exact) mass is 398 g/mol. The van der Waals surface area contributed by atoms with Gasteiger partial charge < -0.3 is 14.5 Å². The van der Waals surface area contributed by atoms with Gasteiger partial charge in [-0.3, -0.25) is 9.59 Å². The van der Waals surface area contributed by atoms with Gasteiger partial charge in [0.05, 0.1) is 13.3 Å². The van der Waals surface area contributed by atoms with Crippen LogP contribution in [0.15, 0.2) is 24.5 Å². The van der Waals surface area contributed by atoms with Gasteiger partial charge in [0.15, 0.2) is 0 Å². The number of hydrogen-bond acceptors (Lipinski definition) is 6. The molecule has 2 aromatic heterocycles. The minimum Gasteiger partial charge on any atom is -0.481 e. The highest BCUT2D eigenvalue weighted by Crippen LogP contribution is 2.22. The minimum absolute atomic E-state index is 0.00128. The molecule has 0 saturated carbocycles. The van der Waals surface area contributed by atoms with Crippen LogP contribution in [0.1, 0.15) is 25.7 Å². The van der Waals surface area contributed by atoms with Crippen molar-refractivity contribution < 1.29 is 14.3 Å². The number of amides is 2. The highest BCUT2D eigenvalue weighted by molar-refractivity contribution is 5.80. The van der Waals surface area contributed by atoms with Crippen molar-refractivity contribution >= 4 is 11.8 Å². The Hall–Kier alpha value is -2.97. The second-order valence-corrected chi connectivity index (χ2v) is 7.58. The molecule has 2 aliphatic heterocycles. The van der Waals surface area contributed by atoms with Crippen molar-refractivity contribution in [3.63, 3.8) is 0 Å². The maximum atomic E-state index is 12.6. The summed E-state index contributed by atoms with van der Waals surface area (Å²) in [4.78, 5) is 33.1. The van der Waals surface area contributed by atoms with Crippen LogP contribution in [0.5, 0.6) is 5.88 Å². The highest BCUT2D eigenvalue weighted by atomic mass is 16.5. The zero-order chi connectivity index (χ0) is 20.2. The number of rotatable bonds is 5. The molecule has 4 rings (SSSR count). The first-order chi connectivity index (χ1) is 14.1. The van der Waals surface area contributed by atoms with E-state index >= 15 is 0 Å². The van der Waals surface area contributed by atoms with Crippen LogP contribution in [0.4, 0.5) is 0 Å². The predicted octanol–water partition coefficient (Wildman–Crippen LogP) is 1.21. The summed E-state index contributed by atoms with van der Waals surface area (Å²) in [5.74, 6) is 0.852. The van der Waals surface area contributed by atoms with Crippen LogP contribution in [0.25, 0.3) is 11.3 Å². The van der Waals surface area contributed by atoms with Crippen LogP contribution in [-0.2, 0) is 16.1 Å². The van der Waals surface area contributed by atoms with E-state index in [1.807, 2.05) is 15.9 Å². The van der Waals surface area contributed by atoms with Crippen molar-refractivity contribution in [3.05, 3.63) is 24.5 Å². The number of methoxy groups -OCH3 is 1. The van der Waals surface area contributed by atoms with Crippen molar-refractivity contribution in [1.82, 2.24) is 29.8 Å². The minimum atomic E-state index is 0.00128. The second kappa shape index (κ2) is 8.59. The van der Waals surface area contributed by atoms with E-state index in [1.54, 1.807) is 30.3 Å². The Bertz CT molecular complexity index is 851. The van der Waals surface area contributed by atoms with Crippen molar-refractivity contribution in [2.75, 3.05) is 33.3 Å². The second-order valence-electron chi connectivity index (χ2n) is 7.58. The topological polar surface area (TPSA) is 93.5 Å². The number of carbonyl (C=O) groups is 2. The molecule has 4 heterocycles. The standard InChI is InChI=1S/C20H26N6O3/c1-29-18-5-4-16(12-21-18)17-13-26(23-22-17)14-19(27)24-10-6-15(7-11-24)20(28)25-8-2-3-9-25/h4-5,12-13,15H,2-3,6-11,14H2,1H3. The third kappa shape index (κ3) is 4.38. The summed E-state index contributed by atoms with van der Waals surface area (Å²) in [6, 6.07) is 3.61. The first kappa shape index (κ1) is 19.4. The first-order valence-corrected chi connectivity index (χ1v) is 10.1. The Balaban J connectivity index is 1.30. The molecular formula is C20H26N6O3. The van der Waals surface area contributed by atoms with E-state index in [9.17, 15) is 9.59 Å². The van der Waals surface area contributed by atoms with Crippen LogP contribution < -0.4 is 4.74 Å². The van der Waals surface area contributed by atoms with Gasteiger partial charge in [-0.2, -0.15) is 0 Å². The fourth-order valence-electron chi connectivity index (χ4n) is 3.97. The van der Waals surface area contributed by atoms with Gasteiger partial charge in [0.25, 0.3) is 0 Å². The fraction of sp³-hybridized carbons (Fsp3) is 0.550. The van der Waals surface area contributed by atoms with Gasteiger partial charge >= 0.3 is 0 Å². The molecule has 0 bridgehead atoms. The first-order valence-electron chi connectivity index (χ1n) is 10.1. The number of pyridine rings is 1. The van der Waals surface area contributed by atoms with Gasteiger partial charge in [-0.05, 0) is 31.7 Å². The van der Waals surface area contributed by atoms with E-state index in [0.29, 0.717) is 24.7 Å². The van der Waals surface area contributed by atoms with Crippen molar-refractivity contribution in [1.29, 1.82) is 0 Å². The van der Waals surface area contributed by atoms with E-state index in [1.165, 1.54) is 0 Å². The lowest BCUT2D eigenvalue weighted by Gasteiger charge is -2.33. The normalized spacial score (nSPS) is 17.6. The van der Waals surface area contributed by atoms with Crippen molar-refractivity contribution in [2.45, 2.75) is 32.2 Å². The summed E-state index contributed by atoms with van der Waals surface area (Å²) < 4.78 is 6.60. The fourth-order valence-corrected chi connectivity index (χ4v) is 3.97. The Morgan fingerprint density at radius 2 is 1.86 bits per heavy atom. The lowest BCUT2D eigenvalue weighted by molar-refractivity contribution is -0.140. The maximum absolute atomic E-state index is 12.6. The summed E-state index contributed by atoms with van der Waals surface area (Å²) in [7, 11) is 1.56.